The van der Waals surface area contributed by atoms with E-state index in [0.29, 0.717) is 18.7 Å². The molecule has 2 aromatic rings. The summed E-state index contributed by atoms with van der Waals surface area (Å²) >= 11 is 0. The summed E-state index contributed by atoms with van der Waals surface area (Å²) in [6, 6.07) is 8.89. The Hall–Kier alpha value is -2.58. The zero-order chi connectivity index (χ0) is 17.2. The number of alkyl halides is 3. The van der Waals surface area contributed by atoms with E-state index < -0.39 is 12.1 Å². The molecule has 1 aromatic heterocycles. The van der Waals surface area contributed by atoms with E-state index in [9.17, 15) is 18.0 Å². The summed E-state index contributed by atoms with van der Waals surface area (Å²) in [5, 5.41) is 3.38. The Morgan fingerprint density at radius 2 is 2.08 bits per heavy atom. The van der Waals surface area contributed by atoms with Gasteiger partial charge in [0.2, 0.25) is 0 Å². The van der Waals surface area contributed by atoms with E-state index in [1.165, 1.54) is 4.90 Å². The molecule has 2 heterocycles. The molecule has 1 amide bonds. The molecule has 1 aromatic carbocycles. The van der Waals surface area contributed by atoms with Crippen LogP contribution in [-0.4, -0.2) is 40.6 Å². The second kappa shape index (κ2) is 6.50. The number of likely N-dealkylation sites (tertiary alicyclic amines) is 1. The molecule has 6 nitrogen and oxygen atoms in total. The van der Waals surface area contributed by atoms with Gasteiger partial charge in [0.1, 0.15) is 5.75 Å². The summed E-state index contributed by atoms with van der Waals surface area (Å²) in [5.41, 5.74) is 0. The zero-order valence-electron chi connectivity index (χ0n) is 12.5. The molecule has 0 unspecified atom stereocenters. The van der Waals surface area contributed by atoms with Gasteiger partial charge in [-0.2, -0.15) is 18.2 Å². The Morgan fingerprint density at radius 3 is 2.75 bits per heavy atom. The van der Waals surface area contributed by atoms with Crippen LogP contribution in [0.4, 0.5) is 13.2 Å². The summed E-state index contributed by atoms with van der Waals surface area (Å²) < 4.78 is 47.0. The molecular weight excluding hydrogens is 327 g/mol. The van der Waals surface area contributed by atoms with Crippen molar-refractivity contribution in [2.45, 2.75) is 18.5 Å². The van der Waals surface area contributed by atoms with Gasteiger partial charge in [0.15, 0.2) is 12.4 Å². The summed E-state index contributed by atoms with van der Waals surface area (Å²) in [4.78, 5) is 17.0. The van der Waals surface area contributed by atoms with Gasteiger partial charge in [-0.3, -0.25) is 4.79 Å². The highest BCUT2D eigenvalue weighted by molar-refractivity contribution is 5.78. The first-order valence-electron chi connectivity index (χ1n) is 7.30. The van der Waals surface area contributed by atoms with Gasteiger partial charge in [-0.15, -0.1) is 0 Å². The molecule has 24 heavy (non-hydrogen) atoms. The van der Waals surface area contributed by atoms with Crippen LogP contribution in [0.3, 0.4) is 0 Å². The third kappa shape index (κ3) is 3.66. The highest BCUT2D eigenvalue weighted by Crippen LogP contribution is 2.31. The first kappa shape index (κ1) is 16.3. The van der Waals surface area contributed by atoms with Crippen LogP contribution in [-0.2, 0) is 11.0 Å². The van der Waals surface area contributed by atoms with E-state index in [-0.39, 0.29) is 30.8 Å². The minimum Gasteiger partial charge on any atom is -0.484 e. The quantitative estimate of drug-likeness (QED) is 0.855. The molecule has 0 bridgehead atoms. The Labute approximate surface area is 135 Å². The predicted octanol–water partition coefficient (Wildman–Crippen LogP) is 2.48. The van der Waals surface area contributed by atoms with Crippen molar-refractivity contribution in [3.05, 3.63) is 42.0 Å². The largest absolute Gasteiger partial charge is 0.484 e. The number of aromatic nitrogens is 2. The lowest BCUT2D eigenvalue weighted by atomic mass is 10.1. The minimum atomic E-state index is -4.66. The monoisotopic (exact) mass is 341 g/mol. The smallest absolute Gasteiger partial charge is 0.471 e. The highest BCUT2D eigenvalue weighted by Gasteiger charge is 2.40. The minimum absolute atomic E-state index is 0.0263. The summed E-state index contributed by atoms with van der Waals surface area (Å²) in [5.74, 6) is -1.42. The van der Waals surface area contributed by atoms with Gasteiger partial charge < -0.3 is 14.2 Å². The molecule has 0 radical (unpaired) electrons. The van der Waals surface area contributed by atoms with Crippen molar-refractivity contribution in [3.8, 4) is 5.75 Å². The maximum absolute atomic E-state index is 12.5. The molecule has 0 spiro atoms. The molecule has 128 valence electrons. The second-order valence-electron chi connectivity index (χ2n) is 5.38. The Balaban J connectivity index is 1.55. The van der Waals surface area contributed by atoms with Crippen LogP contribution in [0.1, 0.15) is 24.1 Å². The topological polar surface area (TPSA) is 68.5 Å². The predicted molar refractivity (Wildman–Crippen MR) is 75.2 cm³/mol. The van der Waals surface area contributed by atoms with Crippen LogP contribution in [0.15, 0.2) is 34.9 Å². The molecule has 0 saturated carbocycles. The lowest BCUT2D eigenvalue weighted by molar-refractivity contribution is -0.159. The number of rotatable bonds is 4. The van der Waals surface area contributed by atoms with E-state index in [1.54, 1.807) is 24.3 Å². The van der Waals surface area contributed by atoms with Gasteiger partial charge in [0.05, 0.1) is 0 Å². The van der Waals surface area contributed by atoms with E-state index >= 15 is 0 Å². The van der Waals surface area contributed by atoms with Crippen LogP contribution in [0.25, 0.3) is 0 Å². The molecular formula is C15H14F3N3O3. The maximum atomic E-state index is 12.5. The van der Waals surface area contributed by atoms with Crippen LogP contribution in [0.5, 0.6) is 5.75 Å². The lowest BCUT2D eigenvalue weighted by Gasteiger charge is -2.16. The molecule has 0 aliphatic carbocycles. The number of carbonyl (C=O) groups is 1. The Kier molecular flexibility index (Phi) is 4.41. The van der Waals surface area contributed by atoms with Crippen molar-refractivity contribution < 1.29 is 27.2 Å². The van der Waals surface area contributed by atoms with E-state index in [2.05, 4.69) is 14.7 Å². The SMILES string of the molecule is O=C(COc1ccccc1)N1CC[C@H](c2noc(C(F)(F)F)n2)C1. The fourth-order valence-corrected chi connectivity index (χ4v) is 2.47. The van der Waals surface area contributed by atoms with Crippen molar-refractivity contribution in [2.75, 3.05) is 19.7 Å². The molecule has 9 heteroatoms. The van der Waals surface area contributed by atoms with Gasteiger partial charge in [-0.1, -0.05) is 23.4 Å². The molecule has 1 aliphatic heterocycles. The molecule has 3 rings (SSSR count). The van der Waals surface area contributed by atoms with Crippen LogP contribution in [0.2, 0.25) is 0 Å². The van der Waals surface area contributed by atoms with E-state index in [1.807, 2.05) is 6.07 Å². The average molecular weight is 341 g/mol. The molecule has 1 fully saturated rings. The molecule has 1 atom stereocenters. The molecule has 1 saturated heterocycles. The maximum Gasteiger partial charge on any atom is 0.471 e. The van der Waals surface area contributed by atoms with Crippen molar-refractivity contribution in [3.63, 3.8) is 0 Å². The van der Waals surface area contributed by atoms with Crippen molar-refractivity contribution in [1.29, 1.82) is 0 Å². The summed E-state index contributed by atoms with van der Waals surface area (Å²) in [7, 11) is 0. The number of amides is 1. The number of hydrogen-bond acceptors (Lipinski definition) is 5. The number of ether oxygens (including phenoxy) is 1. The number of hydrogen-bond donors (Lipinski definition) is 0. The lowest BCUT2D eigenvalue weighted by Crippen LogP contribution is -2.32. The Morgan fingerprint density at radius 1 is 1.33 bits per heavy atom. The fourth-order valence-electron chi connectivity index (χ4n) is 2.47. The van der Waals surface area contributed by atoms with Crippen LogP contribution >= 0.6 is 0 Å². The van der Waals surface area contributed by atoms with E-state index in [0.717, 1.165) is 0 Å². The van der Waals surface area contributed by atoms with Gasteiger partial charge in [-0.25, -0.2) is 0 Å². The first-order valence-corrected chi connectivity index (χ1v) is 7.30. The summed E-state index contributed by atoms with van der Waals surface area (Å²) in [6.45, 7) is 0.530. The molecule has 1 aliphatic rings. The molecule has 0 N–H and O–H groups in total. The van der Waals surface area contributed by atoms with Crippen molar-refractivity contribution in [1.82, 2.24) is 15.0 Å². The fraction of sp³-hybridized carbons (Fsp3) is 0.400. The van der Waals surface area contributed by atoms with Gasteiger partial charge in [-0.05, 0) is 18.6 Å². The van der Waals surface area contributed by atoms with Crippen molar-refractivity contribution in [2.24, 2.45) is 0 Å². The van der Waals surface area contributed by atoms with Crippen LogP contribution < -0.4 is 4.74 Å². The number of carbonyl (C=O) groups excluding carboxylic acids is 1. The number of nitrogens with zero attached hydrogens (tertiary/aromatic N) is 3. The summed E-state index contributed by atoms with van der Waals surface area (Å²) in [6.07, 6.45) is -4.18. The average Bonchev–Trinajstić information content (AvgIpc) is 3.21. The number of para-hydroxylation sites is 1. The van der Waals surface area contributed by atoms with Crippen molar-refractivity contribution >= 4 is 5.91 Å². The van der Waals surface area contributed by atoms with Gasteiger partial charge >= 0.3 is 12.1 Å². The third-order valence-electron chi connectivity index (χ3n) is 3.70. The zero-order valence-corrected chi connectivity index (χ0v) is 12.5. The van der Waals surface area contributed by atoms with Gasteiger partial charge in [0.25, 0.3) is 5.91 Å². The van der Waals surface area contributed by atoms with E-state index in [4.69, 9.17) is 4.74 Å². The van der Waals surface area contributed by atoms with Crippen LogP contribution in [0, 0.1) is 0 Å². The normalized spacial score (nSPS) is 18.0. The van der Waals surface area contributed by atoms with Gasteiger partial charge in [0, 0.05) is 19.0 Å². The number of halogens is 3. The second-order valence-corrected chi connectivity index (χ2v) is 5.38. The third-order valence-corrected chi connectivity index (χ3v) is 3.70. The Bertz CT molecular complexity index is 703. The highest BCUT2D eigenvalue weighted by atomic mass is 19.4. The first-order chi connectivity index (χ1) is 11.4. The number of benzene rings is 1. The standard InChI is InChI=1S/C15H14F3N3O3/c16-15(17,18)14-19-13(20-24-14)10-6-7-21(8-10)12(22)9-23-11-4-2-1-3-5-11/h1-5,10H,6-9H2/t10-/m0/s1.